The first kappa shape index (κ1) is 8.24. The van der Waals surface area contributed by atoms with E-state index in [1.165, 1.54) is 6.07 Å². The molecule has 0 saturated carbocycles. The molecule has 0 bridgehead atoms. The van der Waals surface area contributed by atoms with Crippen LogP contribution >= 0.6 is 12.4 Å². The molecule has 0 saturated heterocycles. The molecule has 1 aromatic heterocycles. The number of aryl methyl sites for hydroxylation is 1. The monoisotopic (exact) mass is 145 g/mol. The lowest BCUT2D eigenvalue weighted by Crippen LogP contribution is -1.96. The third kappa shape index (κ3) is 2.33. The Hall–Kier alpha value is -0.760. The highest BCUT2D eigenvalue weighted by atomic mass is 35.5. The lowest BCUT2D eigenvalue weighted by atomic mass is 10.4. The first-order valence-electron chi connectivity index (χ1n) is 2.44. The van der Waals surface area contributed by atoms with E-state index in [1.807, 2.05) is 6.92 Å². The second kappa shape index (κ2) is 3.30. The van der Waals surface area contributed by atoms with Gasteiger partial charge in [-0.25, -0.2) is 0 Å². The Morgan fingerprint density at radius 1 is 1.56 bits per heavy atom. The molecule has 0 aliphatic heterocycles. The third-order valence-corrected chi connectivity index (χ3v) is 0.917. The molecule has 0 amide bonds. The van der Waals surface area contributed by atoms with Crippen LogP contribution < -0.4 is 5.43 Å². The first-order valence-corrected chi connectivity index (χ1v) is 2.44. The van der Waals surface area contributed by atoms with Crippen LogP contribution in [0, 0.1) is 6.92 Å². The fraction of sp³-hybridized carbons (Fsp3) is 0.167. The Kier molecular flexibility index (Phi) is 3.02. The lowest BCUT2D eigenvalue weighted by molar-refractivity contribution is 1.18. The zero-order valence-electron chi connectivity index (χ0n) is 5.05. The maximum atomic E-state index is 10.5. The number of hydrogen-bond acceptors (Lipinski definition) is 1. The summed E-state index contributed by atoms with van der Waals surface area (Å²) in [7, 11) is 0. The van der Waals surface area contributed by atoms with Gasteiger partial charge in [0, 0.05) is 24.0 Å². The van der Waals surface area contributed by atoms with Crippen LogP contribution in [0.5, 0.6) is 0 Å². The molecule has 2 nitrogen and oxygen atoms in total. The van der Waals surface area contributed by atoms with Crippen molar-refractivity contribution in [2.75, 3.05) is 0 Å². The Labute approximate surface area is 59.3 Å². The van der Waals surface area contributed by atoms with E-state index in [1.54, 1.807) is 12.3 Å². The smallest absolute Gasteiger partial charge is 0.181 e. The second-order valence-corrected chi connectivity index (χ2v) is 1.71. The van der Waals surface area contributed by atoms with E-state index >= 15 is 0 Å². The SMILES string of the molecule is Cc1cc(=O)cc[nH]1.Cl. The molecule has 0 unspecified atom stereocenters. The predicted molar refractivity (Wildman–Crippen MR) is 39.0 cm³/mol. The van der Waals surface area contributed by atoms with Gasteiger partial charge in [-0.3, -0.25) is 4.79 Å². The molecule has 1 N–H and O–H groups in total. The summed E-state index contributed by atoms with van der Waals surface area (Å²) in [4.78, 5) is 13.3. The summed E-state index contributed by atoms with van der Waals surface area (Å²) in [6.45, 7) is 1.85. The maximum absolute atomic E-state index is 10.5. The van der Waals surface area contributed by atoms with Crippen LogP contribution in [0.15, 0.2) is 23.1 Å². The van der Waals surface area contributed by atoms with Crippen LogP contribution in [-0.2, 0) is 0 Å². The standard InChI is InChI=1S/C6H7NO.ClH/c1-5-4-6(8)2-3-7-5;/h2-4H,1H3,(H,7,8);1H. The van der Waals surface area contributed by atoms with Crippen molar-refractivity contribution >= 4 is 12.4 Å². The maximum Gasteiger partial charge on any atom is 0.181 e. The van der Waals surface area contributed by atoms with E-state index in [0.717, 1.165) is 5.69 Å². The fourth-order valence-electron chi connectivity index (χ4n) is 0.558. The largest absolute Gasteiger partial charge is 0.365 e. The molecule has 50 valence electrons. The molecular formula is C6H8ClNO. The minimum atomic E-state index is 0. The van der Waals surface area contributed by atoms with Crippen molar-refractivity contribution in [2.45, 2.75) is 6.92 Å². The van der Waals surface area contributed by atoms with Crippen molar-refractivity contribution in [3.05, 3.63) is 34.2 Å². The summed E-state index contributed by atoms with van der Waals surface area (Å²) in [6.07, 6.45) is 1.64. The number of H-pyrrole nitrogens is 1. The summed E-state index contributed by atoms with van der Waals surface area (Å²) in [6, 6.07) is 3.05. The fourth-order valence-corrected chi connectivity index (χ4v) is 0.558. The minimum absolute atomic E-state index is 0. The van der Waals surface area contributed by atoms with Gasteiger partial charge in [0.2, 0.25) is 0 Å². The Morgan fingerprint density at radius 2 is 2.22 bits per heavy atom. The molecule has 0 atom stereocenters. The number of nitrogens with one attached hydrogen (secondary N) is 1. The number of aromatic amines is 1. The van der Waals surface area contributed by atoms with Gasteiger partial charge in [-0.2, -0.15) is 0 Å². The van der Waals surface area contributed by atoms with E-state index in [0.29, 0.717) is 0 Å². The molecule has 0 aromatic carbocycles. The van der Waals surface area contributed by atoms with Crippen LogP contribution in [0.1, 0.15) is 5.69 Å². The highest BCUT2D eigenvalue weighted by Crippen LogP contribution is 1.79. The molecule has 0 aliphatic rings. The van der Waals surface area contributed by atoms with Gasteiger partial charge in [-0.15, -0.1) is 12.4 Å². The Balaban J connectivity index is 0.000000640. The van der Waals surface area contributed by atoms with Crippen LogP contribution in [0.3, 0.4) is 0 Å². The average Bonchev–Trinajstić information content (AvgIpc) is 1.64. The topological polar surface area (TPSA) is 32.9 Å². The van der Waals surface area contributed by atoms with Gasteiger partial charge < -0.3 is 4.98 Å². The summed E-state index contributed by atoms with van der Waals surface area (Å²) in [5.74, 6) is 0. The number of aromatic nitrogens is 1. The van der Waals surface area contributed by atoms with Gasteiger partial charge in [0.05, 0.1) is 0 Å². The van der Waals surface area contributed by atoms with Gasteiger partial charge in [-0.1, -0.05) is 0 Å². The number of rotatable bonds is 0. The molecule has 0 fully saturated rings. The van der Waals surface area contributed by atoms with Crippen LogP contribution in [0.4, 0.5) is 0 Å². The molecular weight excluding hydrogens is 138 g/mol. The zero-order chi connectivity index (χ0) is 5.98. The van der Waals surface area contributed by atoms with Crippen LogP contribution in [0.25, 0.3) is 0 Å². The minimum Gasteiger partial charge on any atom is -0.365 e. The van der Waals surface area contributed by atoms with Crippen LogP contribution in [0.2, 0.25) is 0 Å². The van der Waals surface area contributed by atoms with E-state index in [9.17, 15) is 4.79 Å². The van der Waals surface area contributed by atoms with Gasteiger partial charge in [0.1, 0.15) is 0 Å². The molecule has 9 heavy (non-hydrogen) atoms. The summed E-state index contributed by atoms with van der Waals surface area (Å²) in [5, 5.41) is 0. The van der Waals surface area contributed by atoms with Crippen molar-refractivity contribution in [1.82, 2.24) is 4.98 Å². The zero-order valence-corrected chi connectivity index (χ0v) is 5.87. The van der Waals surface area contributed by atoms with Crippen molar-refractivity contribution in [3.63, 3.8) is 0 Å². The number of pyridine rings is 1. The summed E-state index contributed by atoms with van der Waals surface area (Å²) < 4.78 is 0. The molecule has 1 rings (SSSR count). The highest BCUT2D eigenvalue weighted by molar-refractivity contribution is 5.85. The normalized spacial score (nSPS) is 8.11. The molecule has 0 spiro atoms. The van der Waals surface area contributed by atoms with E-state index in [4.69, 9.17) is 0 Å². The quantitative estimate of drug-likeness (QED) is 0.583. The Morgan fingerprint density at radius 3 is 2.56 bits per heavy atom. The molecule has 0 radical (unpaired) electrons. The van der Waals surface area contributed by atoms with Gasteiger partial charge in [0.15, 0.2) is 5.43 Å². The average molecular weight is 146 g/mol. The van der Waals surface area contributed by atoms with E-state index in [-0.39, 0.29) is 17.8 Å². The summed E-state index contributed by atoms with van der Waals surface area (Å²) in [5.41, 5.74) is 0.957. The number of halogens is 1. The van der Waals surface area contributed by atoms with Gasteiger partial charge in [0.25, 0.3) is 0 Å². The molecule has 1 aromatic rings. The Bertz CT molecular complexity index is 230. The van der Waals surface area contributed by atoms with E-state index in [2.05, 4.69) is 4.98 Å². The van der Waals surface area contributed by atoms with Crippen molar-refractivity contribution in [3.8, 4) is 0 Å². The van der Waals surface area contributed by atoms with Gasteiger partial charge >= 0.3 is 0 Å². The molecule has 3 heteroatoms. The second-order valence-electron chi connectivity index (χ2n) is 1.71. The molecule has 0 aliphatic carbocycles. The first-order chi connectivity index (χ1) is 3.79. The van der Waals surface area contributed by atoms with Crippen molar-refractivity contribution < 1.29 is 0 Å². The van der Waals surface area contributed by atoms with Crippen molar-refractivity contribution in [1.29, 1.82) is 0 Å². The predicted octanol–water partition coefficient (Wildman–Crippen LogP) is 1.11. The highest BCUT2D eigenvalue weighted by Gasteiger charge is 1.80. The van der Waals surface area contributed by atoms with Crippen LogP contribution in [-0.4, -0.2) is 4.98 Å². The lowest BCUT2D eigenvalue weighted by Gasteiger charge is -1.85. The van der Waals surface area contributed by atoms with Crippen molar-refractivity contribution in [2.24, 2.45) is 0 Å². The molecule has 1 heterocycles. The third-order valence-electron chi connectivity index (χ3n) is 0.917. The van der Waals surface area contributed by atoms with Gasteiger partial charge in [-0.05, 0) is 6.92 Å². The number of hydrogen-bond donors (Lipinski definition) is 1. The summed E-state index contributed by atoms with van der Waals surface area (Å²) >= 11 is 0. The van der Waals surface area contributed by atoms with E-state index < -0.39 is 0 Å².